The minimum Gasteiger partial charge on any atom is -0.256 e. The Balaban J connectivity index is 2.16. The Morgan fingerprint density at radius 2 is 1.73 bits per heavy atom. The van der Waals surface area contributed by atoms with Crippen molar-refractivity contribution in [1.82, 2.24) is 4.98 Å². The molecule has 3 aromatic rings. The molecular weight excluding hydrogens is 266 g/mol. The highest BCUT2D eigenvalue weighted by Gasteiger charge is 2.07. The van der Waals surface area contributed by atoms with Gasteiger partial charge in [0.1, 0.15) is 0 Å². The predicted molar refractivity (Wildman–Crippen MR) is 94.6 cm³/mol. The Bertz CT molecular complexity index is 801. The van der Waals surface area contributed by atoms with Crippen molar-refractivity contribution in [3.05, 3.63) is 84.1 Å². The van der Waals surface area contributed by atoms with Gasteiger partial charge in [0, 0.05) is 11.8 Å². The van der Waals surface area contributed by atoms with E-state index in [2.05, 4.69) is 72.6 Å². The van der Waals surface area contributed by atoms with Gasteiger partial charge >= 0.3 is 0 Å². The monoisotopic (exact) mass is 285 g/mol. The maximum atomic E-state index is 4.51. The average molecular weight is 285 g/mol. The van der Waals surface area contributed by atoms with E-state index in [0.717, 1.165) is 11.3 Å². The molecule has 0 saturated carbocycles. The molecular formula is C21H19N. The molecule has 0 aliphatic carbocycles. The van der Waals surface area contributed by atoms with E-state index in [1.165, 1.54) is 22.3 Å². The second-order valence-electron chi connectivity index (χ2n) is 5.39. The highest BCUT2D eigenvalue weighted by atomic mass is 14.7. The van der Waals surface area contributed by atoms with Crippen LogP contribution in [0.15, 0.2) is 72.9 Å². The third kappa shape index (κ3) is 2.99. The Morgan fingerprint density at radius 1 is 0.864 bits per heavy atom. The molecule has 0 N–H and O–H groups in total. The van der Waals surface area contributed by atoms with Crippen molar-refractivity contribution in [1.29, 1.82) is 0 Å². The fraction of sp³-hybridized carbons (Fsp3) is 0.0952. The van der Waals surface area contributed by atoms with Gasteiger partial charge in [-0.05, 0) is 48.7 Å². The van der Waals surface area contributed by atoms with Crippen LogP contribution in [-0.4, -0.2) is 4.98 Å². The Morgan fingerprint density at radius 3 is 2.45 bits per heavy atom. The number of aryl methyl sites for hydroxylation is 1. The third-order valence-electron chi connectivity index (χ3n) is 3.69. The van der Waals surface area contributed by atoms with Gasteiger partial charge in [-0.25, -0.2) is 0 Å². The number of rotatable bonds is 3. The molecule has 3 rings (SSSR count). The summed E-state index contributed by atoms with van der Waals surface area (Å²) in [6, 6.07) is 21.2. The molecule has 0 saturated heterocycles. The smallest absolute Gasteiger partial charge is 0.0708 e. The summed E-state index contributed by atoms with van der Waals surface area (Å²) in [4.78, 5) is 4.51. The first-order valence-corrected chi connectivity index (χ1v) is 7.53. The molecule has 1 aromatic heterocycles. The maximum Gasteiger partial charge on any atom is 0.0708 e. The van der Waals surface area contributed by atoms with Crippen LogP contribution in [0.1, 0.15) is 18.1 Å². The molecule has 0 unspecified atom stereocenters. The van der Waals surface area contributed by atoms with Crippen LogP contribution >= 0.6 is 0 Å². The minimum atomic E-state index is 1.00. The molecule has 2 aromatic carbocycles. The van der Waals surface area contributed by atoms with E-state index < -0.39 is 0 Å². The summed E-state index contributed by atoms with van der Waals surface area (Å²) in [5.41, 5.74) is 7.09. The van der Waals surface area contributed by atoms with Gasteiger partial charge in [0.15, 0.2) is 0 Å². The van der Waals surface area contributed by atoms with E-state index in [1.807, 2.05) is 25.3 Å². The predicted octanol–water partition coefficient (Wildman–Crippen LogP) is 5.76. The van der Waals surface area contributed by atoms with Crippen molar-refractivity contribution in [3.8, 4) is 22.4 Å². The van der Waals surface area contributed by atoms with E-state index in [4.69, 9.17) is 0 Å². The van der Waals surface area contributed by atoms with Crippen LogP contribution in [0.25, 0.3) is 28.5 Å². The van der Waals surface area contributed by atoms with Gasteiger partial charge in [-0.1, -0.05) is 60.2 Å². The van der Waals surface area contributed by atoms with Gasteiger partial charge in [-0.3, -0.25) is 4.98 Å². The molecule has 0 radical (unpaired) electrons. The topological polar surface area (TPSA) is 12.9 Å². The van der Waals surface area contributed by atoms with Crippen LogP contribution in [0, 0.1) is 6.92 Å². The molecule has 1 nitrogen and oxygen atoms in total. The first-order chi connectivity index (χ1) is 10.8. The standard InChI is InChI=1S/C21H19N/c1-3-7-17-11-12-19(18-9-6-8-16(2)14-18)15-20(17)21-10-4-5-13-22-21/h3-15H,1-2H3/b7-3-. The normalized spacial score (nSPS) is 11.0. The van der Waals surface area contributed by atoms with Gasteiger partial charge in [-0.15, -0.1) is 0 Å². The van der Waals surface area contributed by atoms with Crippen molar-refractivity contribution in [2.45, 2.75) is 13.8 Å². The zero-order chi connectivity index (χ0) is 15.4. The molecule has 0 aliphatic rings. The lowest BCUT2D eigenvalue weighted by Crippen LogP contribution is -1.88. The van der Waals surface area contributed by atoms with Gasteiger partial charge < -0.3 is 0 Å². The highest BCUT2D eigenvalue weighted by Crippen LogP contribution is 2.29. The Hall–Kier alpha value is -2.67. The molecule has 0 atom stereocenters. The van der Waals surface area contributed by atoms with Crippen LogP contribution in [0.3, 0.4) is 0 Å². The van der Waals surface area contributed by atoms with Gasteiger partial charge in [0.2, 0.25) is 0 Å². The SMILES string of the molecule is C/C=C\c1ccc(-c2cccc(C)c2)cc1-c1ccccn1. The Kier molecular flexibility index (Phi) is 4.15. The summed E-state index contributed by atoms with van der Waals surface area (Å²) in [7, 11) is 0. The second kappa shape index (κ2) is 6.40. The minimum absolute atomic E-state index is 1.00. The molecule has 0 aliphatic heterocycles. The summed E-state index contributed by atoms with van der Waals surface area (Å²) in [5.74, 6) is 0. The fourth-order valence-corrected chi connectivity index (χ4v) is 2.63. The summed E-state index contributed by atoms with van der Waals surface area (Å²) < 4.78 is 0. The van der Waals surface area contributed by atoms with Crippen molar-refractivity contribution in [3.63, 3.8) is 0 Å². The first kappa shape index (κ1) is 14.3. The van der Waals surface area contributed by atoms with E-state index in [-0.39, 0.29) is 0 Å². The lowest BCUT2D eigenvalue weighted by molar-refractivity contribution is 1.32. The molecule has 108 valence electrons. The van der Waals surface area contributed by atoms with Crippen molar-refractivity contribution in [2.24, 2.45) is 0 Å². The number of benzene rings is 2. The van der Waals surface area contributed by atoms with Crippen LogP contribution in [0.5, 0.6) is 0 Å². The van der Waals surface area contributed by atoms with E-state index in [0.29, 0.717) is 0 Å². The zero-order valence-electron chi connectivity index (χ0n) is 13.0. The van der Waals surface area contributed by atoms with Crippen molar-refractivity contribution in [2.75, 3.05) is 0 Å². The highest BCUT2D eigenvalue weighted by molar-refractivity contribution is 5.79. The van der Waals surface area contributed by atoms with Crippen molar-refractivity contribution < 1.29 is 0 Å². The van der Waals surface area contributed by atoms with E-state index in [1.54, 1.807) is 0 Å². The summed E-state index contributed by atoms with van der Waals surface area (Å²) in [6.07, 6.45) is 6.03. The van der Waals surface area contributed by atoms with Crippen LogP contribution in [0.2, 0.25) is 0 Å². The first-order valence-electron chi connectivity index (χ1n) is 7.53. The quantitative estimate of drug-likeness (QED) is 0.596. The van der Waals surface area contributed by atoms with Crippen LogP contribution in [-0.2, 0) is 0 Å². The van der Waals surface area contributed by atoms with Gasteiger partial charge in [0.05, 0.1) is 5.69 Å². The maximum absolute atomic E-state index is 4.51. The molecule has 22 heavy (non-hydrogen) atoms. The van der Waals surface area contributed by atoms with Crippen LogP contribution < -0.4 is 0 Å². The largest absolute Gasteiger partial charge is 0.256 e. The molecule has 0 bridgehead atoms. The molecule has 0 spiro atoms. The molecule has 1 heteroatoms. The lowest BCUT2D eigenvalue weighted by atomic mass is 9.96. The Labute approximate surface area is 132 Å². The lowest BCUT2D eigenvalue weighted by Gasteiger charge is -2.10. The number of nitrogens with zero attached hydrogens (tertiary/aromatic N) is 1. The number of hydrogen-bond acceptors (Lipinski definition) is 1. The third-order valence-corrected chi connectivity index (χ3v) is 3.69. The zero-order valence-corrected chi connectivity index (χ0v) is 13.0. The number of pyridine rings is 1. The van der Waals surface area contributed by atoms with E-state index in [9.17, 15) is 0 Å². The van der Waals surface area contributed by atoms with E-state index >= 15 is 0 Å². The fourth-order valence-electron chi connectivity index (χ4n) is 2.63. The van der Waals surface area contributed by atoms with Gasteiger partial charge in [0.25, 0.3) is 0 Å². The number of allylic oxidation sites excluding steroid dienone is 1. The second-order valence-corrected chi connectivity index (χ2v) is 5.39. The summed E-state index contributed by atoms with van der Waals surface area (Å²) in [5, 5.41) is 0. The van der Waals surface area contributed by atoms with Crippen molar-refractivity contribution >= 4 is 6.08 Å². The molecule has 0 amide bonds. The summed E-state index contributed by atoms with van der Waals surface area (Å²) in [6.45, 7) is 4.16. The van der Waals surface area contributed by atoms with Crippen LogP contribution in [0.4, 0.5) is 0 Å². The molecule has 1 heterocycles. The number of aromatic nitrogens is 1. The van der Waals surface area contributed by atoms with Gasteiger partial charge in [-0.2, -0.15) is 0 Å². The average Bonchev–Trinajstić information content (AvgIpc) is 2.56. The summed E-state index contributed by atoms with van der Waals surface area (Å²) >= 11 is 0. The number of hydrogen-bond donors (Lipinski definition) is 0. The molecule has 0 fully saturated rings.